The van der Waals surface area contributed by atoms with Gasteiger partial charge in [-0.25, -0.2) is 13.4 Å². The molecule has 8 nitrogen and oxygen atoms in total. The fraction of sp³-hybridized carbons (Fsp3) is 0.304. The van der Waals surface area contributed by atoms with Crippen molar-refractivity contribution in [3.63, 3.8) is 0 Å². The number of methoxy groups -OCH3 is 1. The van der Waals surface area contributed by atoms with Crippen LogP contribution in [0.5, 0.6) is 5.75 Å². The molecule has 1 N–H and O–H groups in total. The monoisotopic (exact) mass is 487 g/mol. The highest BCUT2D eigenvalue weighted by molar-refractivity contribution is 7.99. The molecule has 1 aliphatic rings. The van der Waals surface area contributed by atoms with Gasteiger partial charge in [0.2, 0.25) is 15.9 Å². The minimum atomic E-state index is -3.58. The molecule has 33 heavy (non-hydrogen) atoms. The first kappa shape index (κ1) is 23.5. The van der Waals surface area contributed by atoms with Crippen LogP contribution in [-0.4, -0.2) is 62.8 Å². The predicted octanol–water partition coefficient (Wildman–Crippen LogP) is 3.30. The molecule has 174 valence electrons. The van der Waals surface area contributed by atoms with Crippen LogP contribution in [-0.2, 0) is 19.6 Å². The average molecular weight is 488 g/mol. The number of carbonyl (C=O) groups excluding carboxylic acids is 1. The number of anilines is 1. The van der Waals surface area contributed by atoms with Crippen molar-refractivity contribution in [2.45, 2.75) is 16.8 Å². The molecule has 1 saturated heterocycles. The Kier molecular flexibility index (Phi) is 7.18. The number of aryl methyl sites for hydroxylation is 1. The zero-order chi connectivity index (χ0) is 23.4. The maximum absolute atomic E-state index is 13.0. The van der Waals surface area contributed by atoms with Gasteiger partial charge in [0.05, 0.1) is 41.5 Å². The minimum Gasteiger partial charge on any atom is -0.497 e. The third-order valence-corrected chi connectivity index (χ3v) is 8.10. The maximum atomic E-state index is 13.0. The van der Waals surface area contributed by atoms with Gasteiger partial charge in [0, 0.05) is 24.2 Å². The van der Waals surface area contributed by atoms with Crippen molar-refractivity contribution < 1.29 is 22.7 Å². The summed E-state index contributed by atoms with van der Waals surface area (Å²) in [7, 11) is -1.99. The van der Waals surface area contributed by atoms with Gasteiger partial charge >= 0.3 is 0 Å². The Balaban J connectivity index is 1.46. The molecule has 1 aliphatic heterocycles. The van der Waals surface area contributed by atoms with Gasteiger partial charge in [-0.2, -0.15) is 4.31 Å². The van der Waals surface area contributed by atoms with E-state index in [9.17, 15) is 13.2 Å². The van der Waals surface area contributed by atoms with Gasteiger partial charge < -0.3 is 14.8 Å². The van der Waals surface area contributed by atoms with Gasteiger partial charge in [-0.15, -0.1) is 0 Å². The lowest BCUT2D eigenvalue weighted by Gasteiger charge is -2.26. The number of pyridine rings is 1. The van der Waals surface area contributed by atoms with Crippen LogP contribution < -0.4 is 10.1 Å². The lowest BCUT2D eigenvalue weighted by atomic mass is 10.1. The molecule has 10 heteroatoms. The highest BCUT2D eigenvalue weighted by Crippen LogP contribution is 2.27. The van der Waals surface area contributed by atoms with Gasteiger partial charge in [0.25, 0.3) is 0 Å². The van der Waals surface area contributed by atoms with Gasteiger partial charge in [-0.3, -0.25) is 4.79 Å². The van der Waals surface area contributed by atoms with E-state index in [-0.39, 0.29) is 16.6 Å². The Labute approximate surface area is 197 Å². The van der Waals surface area contributed by atoms with Crippen LogP contribution in [0, 0.1) is 6.92 Å². The highest BCUT2D eigenvalue weighted by atomic mass is 32.2. The number of morpholine rings is 1. The molecule has 0 aliphatic carbocycles. The number of fused-ring (bicyclic) bond motifs is 1. The first-order valence-corrected chi connectivity index (χ1v) is 12.9. The first-order chi connectivity index (χ1) is 15.9. The second-order valence-electron chi connectivity index (χ2n) is 7.54. The predicted molar refractivity (Wildman–Crippen MR) is 128 cm³/mol. The van der Waals surface area contributed by atoms with E-state index < -0.39 is 10.0 Å². The summed E-state index contributed by atoms with van der Waals surface area (Å²) in [6.45, 7) is 3.42. The van der Waals surface area contributed by atoms with Crippen LogP contribution in [0.3, 0.4) is 0 Å². The SMILES string of the molecule is COc1ccc(NC(=O)CSc2cc(C)c3cc(S(=O)(=O)N4CCOCC4)ccc3n2)cc1. The summed E-state index contributed by atoms with van der Waals surface area (Å²) in [5.74, 6) is 0.781. The Morgan fingerprint density at radius 2 is 1.88 bits per heavy atom. The van der Waals surface area contributed by atoms with Crippen molar-refractivity contribution in [3.8, 4) is 5.75 Å². The number of rotatable bonds is 7. The van der Waals surface area contributed by atoms with Gasteiger partial charge in [-0.05, 0) is 61.0 Å². The molecular formula is C23H25N3O5S2. The minimum absolute atomic E-state index is 0.142. The van der Waals surface area contributed by atoms with E-state index >= 15 is 0 Å². The fourth-order valence-corrected chi connectivity index (χ4v) is 5.73. The molecule has 0 unspecified atom stereocenters. The van der Waals surface area contributed by atoms with Gasteiger partial charge in [0.1, 0.15) is 5.75 Å². The standard InChI is InChI=1S/C23H25N3O5S2/c1-16-13-23(32-15-22(27)24-17-3-5-18(30-2)6-4-17)25-21-8-7-19(14-20(16)21)33(28,29)26-9-11-31-12-10-26/h3-8,13-14H,9-12,15H2,1-2H3,(H,24,27). The Morgan fingerprint density at radius 3 is 2.58 bits per heavy atom. The summed E-state index contributed by atoms with van der Waals surface area (Å²) in [6, 6.07) is 14.0. The van der Waals surface area contributed by atoms with E-state index in [1.807, 2.05) is 13.0 Å². The zero-order valence-corrected chi connectivity index (χ0v) is 20.0. The largest absolute Gasteiger partial charge is 0.497 e. The van der Waals surface area contributed by atoms with Gasteiger partial charge in [0.15, 0.2) is 0 Å². The summed E-state index contributed by atoms with van der Waals surface area (Å²) >= 11 is 1.33. The second kappa shape index (κ2) is 10.1. The molecule has 0 atom stereocenters. The van der Waals surface area contributed by atoms with Crippen LogP contribution in [0.2, 0.25) is 0 Å². The lowest BCUT2D eigenvalue weighted by molar-refractivity contribution is -0.113. The van der Waals surface area contributed by atoms with Crippen LogP contribution in [0.1, 0.15) is 5.56 Å². The molecule has 4 rings (SSSR count). The van der Waals surface area contributed by atoms with E-state index in [4.69, 9.17) is 9.47 Å². The maximum Gasteiger partial charge on any atom is 0.243 e. The van der Waals surface area contributed by atoms with Crippen molar-refractivity contribution in [1.82, 2.24) is 9.29 Å². The average Bonchev–Trinajstić information content (AvgIpc) is 2.83. The number of hydrogen-bond donors (Lipinski definition) is 1. The number of amides is 1. The highest BCUT2D eigenvalue weighted by Gasteiger charge is 2.26. The smallest absolute Gasteiger partial charge is 0.243 e. The number of benzene rings is 2. The summed E-state index contributed by atoms with van der Waals surface area (Å²) in [5.41, 5.74) is 2.28. The van der Waals surface area contributed by atoms with Crippen molar-refractivity contribution in [1.29, 1.82) is 0 Å². The summed E-state index contributed by atoms with van der Waals surface area (Å²) in [4.78, 5) is 17.2. The number of thioether (sulfide) groups is 1. The van der Waals surface area contributed by atoms with E-state index in [0.29, 0.717) is 42.5 Å². The normalized spacial score (nSPS) is 14.8. The number of ether oxygens (including phenoxy) is 2. The van der Waals surface area contributed by atoms with E-state index in [2.05, 4.69) is 10.3 Å². The molecule has 1 aromatic heterocycles. The van der Waals surface area contributed by atoms with E-state index in [1.54, 1.807) is 49.6 Å². The second-order valence-corrected chi connectivity index (χ2v) is 10.5. The quantitative estimate of drug-likeness (QED) is 0.511. The Bertz CT molecular complexity index is 1260. The molecule has 0 radical (unpaired) electrons. The number of nitrogens with zero attached hydrogens (tertiary/aromatic N) is 2. The number of carbonyl (C=O) groups is 1. The molecule has 1 fully saturated rings. The molecule has 0 bridgehead atoms. The van der Waals surface area contributed by atoms with Gasteiger partial charge in [-0.1, -0.05) is 11.8 Å². The van der Waals surface area contributed by atoms with Crippen molar-refractivity contribution in [2.75, 3.05) is 44.5 Å². The molecule has 3 aromatic rings. The van der Waals surface area contributed by atoms with Crippen molar-refractivity contribution in [2.24, 2.45) is 0 Å². The first-order valence-electron chi connectivity index (χ1n) is 10.4. The van der Waals surface area contributed by atoms with Crippen molar-refractivity contribution in [3.05, 3.63) is 54.1 Å². The molecule has 2 aromatic carbocycles. The summed E-state index contributed by atoms with van der Waals surface area (Å²) < 4.78 is 37.8. The molecule has 0 saturated carbocycles. The lowest BCUT2D eigenvalue weighted by Crippen LogP contribution is -2.40. The number of sulfonamides is 1. The summed E-state index contributed by atoms with van der Waals surface area (Å²) in [5, 5.41) is 4.32. The number of aromatic nitrogens is 1. The summed E-state index contributed by atoms with van der Waals surface area (Å²) in [6.07, 6.45) is 0. The zero-order valence-electron chi connectivity index (χ0n) is 18.4. The van der Waals surface area contributed by atoms with E-state index in [1.165, 1.54) is 16.1 Å². The molecule has 0 spiro atoms. The number of nitrogens with one attached hydrogen (secondary N) is 1. The van der Waals surface area contributed by atoms with Crippen LogP contribution in [0.15, 0.2) is 58.5 Å². The van der Waals surface area contributed by atoms with E-state index in [0.717, 1.165) is 16.7 Å². The molecule has 1 amide bonds. The molecule has 2 heterocycles. The van der Waals surface area contributed by atoms with Crippen LogP contribution in [0.25, 0.3) is 10.9 Å². The third kappa shape index (κ3) is 5.47. The Morgan fingerprint density at radius 1 is 1.15 bits per heavy atom. The molecular weight excluding hydrogens is 462 g/mol. The number of hydrogen-bond acceptors (Lipinski definition) is 7. The van der Waals surface area contributed by atoms with Crippen molar-refractivity contribution >= 4 is 44.3 Å². The topological polar surface area (TPSA) is 97.8 Å². The van der Waals surface area contributed by atoms with Crippen LogP contribution >= 0.6 is 11.8 Å². The van der Waals surface area contributed by atoms with Crippen LogP contribution in [0.4, 0.5) is 5.69 Å². The fourth-order valence-electron chi connectivity index (χ4n) is 3.52. The Hall–Kier alpha value is -2.66. The third-order valence-electron chi connectivity index (χ3n) is 5.30.